The minimum atomic E-state index is -0.568. The van der Waals surface area contributed by atoms with Gasteiger partial charge in [0.15, 0.2) is 5.78 Å². The second-order valence-electron chi connectivity index (χ2n) is 5.50. The monoisotopic (exact) mass is 238 g/mol. The van der Waals surface area contributed by atoms with E-state index in [1.165, 1.54) is 0 Å². The van der Waals surface area contributed by atoms with Gasteiger partial charge in [0.25, 0.3) is 0 Å². The fourth-order valence-electron chi connectivity index (χ4n) is 3.26. The molecular formula is C13H22N2O2. The first-order valence-corrected chi connectivity index (χ1v) is 6.52. The highest BCUT2D eigenvalue weighted by molar-refractivity contribution is 5.93. The number of hydrogen-bond acceptors (Lipinski definition) is 3. The van der Waals surface area contributed by atoms with Crippen LogP contribution in [0.25, 0.3) is 0 Å². The summed E-state index contributed by atoms with van der Waals surface area (Å²) in [7, 11) is 1.82. The molecule has 3 atom stereocenters. The van der Waals surface area contributed by atoms with Gasteiger partial charge in [-0.3, -0.25) is 9.59 Å². The van der Waals surface area contributed by atoms with Crippen LogP contribution >= 0.6 is 0 Å². The molecule has 0 spiro atoms. The van der Waals surface area contributed by atoms with Crippen molar-refractivity contribution in [2.24, 2.45) is 0 Å². The van der Waals surface area contributed by atoms with Crippen molar-refractivity contribution in [2.75, 3.05) is 7.05 Å². The molecule has 2 aliphatic heterocycles. The molecule has 2 saturated heterocycles. The Hall–Kier alpha value is -0.900. The Morgan fingerprint density at radius 3 is 2.71 bits per heavy atom. The van der Waals surface area contributed by atoms with Crippen LogP contribution in [0.15, 0.2) is 0 Å². The molecule has 0 aromatic carbocycles. The van der Waals surface area contributed by atoms with Crippen molar-refractivity contribution in [3.63, 3.8) is 0 Å². The number of fused-ring (bicyclic) bond motifs is 1. The number of rotatable bonds is 2. The van der Waals surface area contributed by atoms with Gasteiger partial charge < -0.3 is 10.2 Å². The third-order valence-corrected chi connectivity index (χ3v) is 4.53. The lowest BCUT2D eigenvalue weighted by Crippen LogP contribution is -2.56. The number of ketones is 1. The average molecular weight is 238 g/mol. The zero-order valence-corrected chi connectivity index (χ0v) is 11.0. The second kappa shape index (κ2) is 4.41. The van der Waals surface area contributed by atoms with Crippen molar-refractivity contribution in [1.29, 1.82) is 0 Å². The summed E-state index contributed by atoms with van der Waals surface area (Å²) in [6.07, 6.45) is 4.77. The molecule has 1 amide bonds. The third kappa shape index (κ3) is 1.88. The first kappa shape index (κ1) is 12.6. The Bertz CT molecular complexity index is 342. The van der Waals surface area contributed by atoms with Crippen molar-refractivity contribution in [3.05, 3.63) is 0 Å². The summed E-state index contributed by atoms with van der Waals surface area (Å²) in [5.41, 5.74) is -0.568. The predicted molar refractivity (Wildman–Crippen MR) is 65.7 cm³/mol. The van der Waals surface area contributed by atoms with Gasteiger partial charge in [0, 0.05) is 6.04 Å². The van der Waals surface area contributed by atoms with E-state index in [-0.39, 0.29) is 23.8 Å². The summed E-state index contributed by atoms with van der Waals surface area (Å²) in [5, 5.41) is 3.08. The zero-order chi connectivity index (χ0) is 12.6. The molecule has 96 valence electrons. The van der Waals surface area contributed by atoms with Gasteiger partial charge >= 0.3 is 0 Å². The molecule has 0 radical (unpaired) electrons. The number of carbonyl (C=O) groups is 2. The fourth-order valence-corrected chi connectivity index (χ4v) is 3.26. The van der Waals surface area contributed by atoms with E-state index in [0.29, 0.717) is 0 Å². The standard InChI is InChI=1S/C13H22N2O2/c1-9(16)13(2)8-7-10-5-4-6-11(14-3)12(17)15(10)13/h10-11,14H,4-8H2,1-3H3. The van der Waals surface area contributed by atoms with Gasteiger partial charge in [0.1, 0.15) is 0 Å². The van der Waals surface area contributed by atoms with E-state index < -0.39 is 5.54 Å². The lowest BCUT2D eigenvalue weighted by atomic mass is 9.93. The second-order valence-corrected chi connectivity index (χ2v) is 5.50. The topological polar surface area (TPSA) is 49.4 Å². The molecule has 3 unspecified atom stereocenters. The lowest BCUT2D eigenvalue weighted by Gasteiger charge is -2.37. The molecule has 2 heterocycles. The molecule has 4 heteroatoms. The molecule has 0 aromatic heterocycles. The first-order chi connectivity index (χ1) is 8.00. The highest BCUT2D eigenvalue weighted by Crippen LogP contribution is 2.39. The summed E-state index contributed by atoms with van der Waals surface area (Å²) in [4.78, 5) is 26.2. The van der Waals surface area contributed by atoms with Gasteiger partial charge in [-0.25, -0.2) is 0 Å². The van der Waals surface area contributed by atoms with Gasteiger partial charge in [-0.15, -0.1) is 0 Å². The zero-order valence-electron chi connectivity index (χ0n) is 11.0. The largest absolute Gasteiger partial charge is 0.326 e. The summed E-state index contributed by atoms with van der Waals surface area (Å²) >= 11 is 0. The fraction of sp³-hybridized carbons (Fsp3) is 0.846. The SMILES string of the molecule is CNC1CCCC2CCC(C)(C(C)=O)N2C1=O. The molecule has 1 N–H and O–H groups in total. The average Bonchev–Trinajstić information content (AvgIpc) is 2.53. The number of likely N-dealkylation sites (N-methyl/N-ethyl adjacent to an activating group) is 1. The Morgan fingerprint density at radius 1 is 1.41 bits per heavy atom. The van der Waals surface area contributed by atoms with E-state index in [0.717, 1.165) is 32.1 Å². The summed E-state index contributed by atoms with van der Waals surface area (Å²) in [6, 6.07) is 0.159. The van der Waals surface area contributed by atoms with Crippen LogP contribution in [0.1, 0.15) is 46.0 Å². The molecule has 4 nitrogen and oxygen atoms in total. The maximum Gasteiger partial charge on any atom is 0.240 e. The van der Waals surface area contributed by atoms with Crippen LogP contribution < -0.4 is 5.32 Å². The van der Waals surface area contributed by atoms with Crippen LogP contribution in [0.4, 0.5) is 0 Å². The van der Waals surface area contributed by atoms with E-state index in [1.807, 2.05) is 18.9 Å². The van der Waals surface area contributed by atoms with Gasteiger partial charge in [-0.05, 0) is 53.0 Å². The van der Waals surface area contributed by atoms with Crippen LogP contribution in [0, 0.1) is 0 Å². The number of amides is 1. The van der Waals surface area contributed by atoms with Crippen LogP contribution in [0.5, 0.6) is 0 Å². The Kier molecular flexibility index (Phi) is 3.25. The quantitative estimate of drug-likeness (QED) is 0.783. The Morgan fingerprint density at radius 2 is 2.12 bits per heavy atom. The van der Waals surface area contributed by atoms with Gasteiger partial charge in [0.2, 0.25) is 5.91 Å². The summed E-state index contributed by atoms with van der Waals surface area (Å²) in [6.45, 7) is 3.53. The molecule has 0 saturated carbocycles. The lowest BCUT2D eigenvalue weighted by molar-refractivity contribution is -0.145. The summed E-state index contributed by atoms with van der Waals surface area (Å²) in [5.74, 6) is 0.232. The van der Waals surface area contributed by atoms with E-state index in [1.54, 1.807) is 6.92 Å². The highest BCUT2D eigenvalue weighted by atomic mass is 16.2. The normalized spacial score (nSPS) is 37.8. The van der Waals surface area contributed by atoms with E-state index in [2.05, 4.69) is 5.32 Å². The van der Waals surface area contributed by atoms with Crippen molar-refractivity contribution < 1.29 is 9.59 Å². The van der Waals surface area contributed by atoms with Crippen LogP contribution in [-0.4, -0.2) is 41.3 Å². The van der Waals surface area contributed by atoms with E-state index in [4.69, 9.17) is 0 Å². The van der Waals surface area contributed by atoms with E-state index >= 15 is 0 Å². The molecule has 2 aliphatic rings. The van der Waals surface area contributed by atoms with Crippen molar-refractivity contribution >= 4 is 11.7 Å². The maximum absolute atomic E-state index is 12.5. The minimum absolute atomic E-state index is 0.114. The molecule has 2 rings (SSSR count). The molecule has 0 aromatic rings. The highest BCUT2D eigenvalue weighted by Gasteiger charge is 2.50. The molecule has 17 heavy (non-hydrogen) atoms. The minimum Gasteiger partial charge on any atom is -0.326 e. The predicted octanol–water partition coefficient (Wildman–Crippen LogP) is 1.10. The molecule has 0 aliphatic carbocycles. The van der Waals surface area contributed by atoms with Crippen LogP contribution in [0.3, 0.4) is 0 Å². The number of nitrogens with one attached hydrogen (secondary N) is 1. The molecule has 2 fully saturated rings. The third-order valence-electron chi connectivity index (χ3n) is 4.53. The molecule has 0 bridgehead atoms. The smallest absolute Gasteiger partial charge is 0.240 e. The first-order valence-electron chi connectivity index (χ1n) is 6.52. The number of carbonyl (C=O) groups excluding carboxylic acids is 2. The van der Waals surface area contributed by atoms with Gasteiger partial charge in [-0.2, -0.15) is 0 Å². The van der Waals surface area contributed by atoms with Crippen molar-refractivity contribution in [2.45, 2.75) is 63.6 Å². The van der Waals surface area contributed by atoms with Crippen LogP contribution in [0.2, 0.25) is 0 Å². The van der Waals surface area contributed by atoms with Crippen LogP contribution in [-0.2, 0) is 9.59 Å². The number of hydrogen-bond donors (Lipinski definition) is 1. The maximum atomic E-state index is 12.5. The Balaban J connectivity index is 2.33. The molecular weight excluding hydrogens is 216 g/mol. The number of Topliss-reactive ketones (excluding diaryl/α,β-unsaturated/α-hetero) is 1. The van der Waals surface area contributed by atoms with Crippen molar-refractivity contribution in [3.8, 4) is 0 Å². The Labute approximate surface area is 103 Å². The number of nitrogens with zero attached hydrogens (tertiary/aromatic N) is 1. The van der Waals surface area contributed by atoms with Crippen molar-refractivity contribution in [1.82, 2.24) is 10.2 Å². The summed E-state index contributed by atoms with van der Waals surface area (Å²) < 4.78 is 0. The van der Waals surface area contributed by atoms with Gasteiger partial charge in [0.05, 0.1) is 11.6 Å². The van der Waals surface area contributed by atoms with Gasteiger partial charge in [-0.1, -0.05) is 0 Å². The van der Waals surface area contributed by atoms with E-state index in [9.17, 15) is 9.59 Å².